The average Bonchev–Trinajstić information content (AvgIpc) is 3.18. The van der Waals surface area contributed by atoms with Gasteiger partial charge in [0.05, 0.1) is 6.54 Å². The highest BCUT2D eigenvalue weighted by Crippen LogP contribution is 2.25. The van der Waals surface area contributed by atoms with Crippen molar-refractivity contribution in [1.29, 1.82) is 0 Å². The van der Waals surface area contributed by atoms with Crippen molar-refractivity contribution < 1.29 is 9.21 Å². The Morgan fingerprint density at radius 1 is 1.29 bits per heavy atom. The van der Waals surface area contributed by atoms with E-state index in [1.54, 1.807) is 6.20 Å². The third kappa shape index (κ3) is 2.94. The number of aryl methyl sites for hydroxylation is 1. The molecule has 0 fully saturated rings. The Balaban J connectivity index is 1.72. The molecule has 0 saturated carbocycles. The van der Waals surface area contributed by atoms with Crippen LogP contribution in [0.3, 0.4) is 0 Å². The zero-order valence-corrected chi connectivity index (χ0v) is 14.5. The van der Waals surface area contributed by atoms with Crippen molar-refractivity contribution >= 4 is 16.9 Å². The van der Waals surface area contributed by atoms with Crippen LogP contribution in [0.25, 0.3) is 11.0 Å². The molecule has 1 N–H and O–H groups in total. The monoisotopic (exact) mass is 325 g/mol. The minimum Gasteiger partial charge on any atom is -0.459 e. The van der Waals surface area contributed by atoms with Crippen molar-refractivity contribution in [1.82, 2.24) is 14.9 Å². The standard InChI is InChI=1S/C19H23N3O2/c1-12(2)18-20-9-10-22(18)14(4)19(23)21-11-17-13(3)15-7-5-6-8-16(15)24-17/h5-10,12,14H,11H2,1-4H3,(H,21,23)/t14-/m1/s1. The number of aromatic nitrogens is 2. The quantitative estimate of drug-likeness (QED) is 0.773. The smallest absolute Gasteiger partial charge is 0.243 e. The molecule has 0 spiro atoms. The molecule has 0 unspecified atom stereocenters. The summed E-state index contributed by atoms with van der Waals surface area (Å²) in [5.41, 5.74) is 1.92. The van der Waals surface area contributed by atoms with Crippen molar-refractivity contribution in [3.63, 3.8) is 0 Å². The van der Waals surface area contributed by atoms with Gasteiger partial charge in [0.1, 0.15) is 23.2 Å². The van der Waals surface area contributed by atoms with Crippen LogP contribution >= 0.6 is 0 Å². The molecule has 0 aliphatic heterocycles. The highest BCUT2D eigenvalue weighted by molar-refractivity contribution is 5.83. The van der Waals surface area contributed by atoms with Gasteiger partial charge < -0.3 is 14.3 Å². The van der Waals surface area contributed by atoms with E-state index in [0.29, 0.717) is 6.54 Å². The number of furan rings is 1. The van der Waals surface area contributed by atoms with E-state index in [2.05, 4.69) is 24.1 Å². The van der Waals surface area contributed by atoms with Gasteiger partial charge in [-0.05, 0) is 19.9 Å². The Labute approximate surface area is 141 Å². The molecule has 2 heterocycles. The lowest BCUT2D eigenvalue weighted by atomic mass is 10.1. The maximum absolute atomic E-state index is 12.5. The molecule has 1 amide bonds. The highest BCUT2D eigenvalue weighted by Gasteiger charge is 2.20. The molecule has 3 rings (SSSR count). The molecule has 1 aromatic carbocycles. The summed E-state index contributed by atoms with van der Waals surface area (Å²) in [6.07, 6.45) is 3.59. The van der Waals surface area contributed by atoms with E-state index in [1.807, 2.05) is 48.9 Å². The van der Waals surface area contributed by atoms with Crippen LogP contribution in [-0.4, -0.2) is 15.5 Å². The van der Waals surface area contributed by atoms with E-state index >= 15 is 0 Å². The highest BCUT2D eigenvalue weighted by atomic mass is 16.3. The third-order valence-electron chi connectivity index (χ3n) is 4.38. The number of carbonyl (C=O) groups excluding carboxylic acids is 1. The van der Waals surface area contributed by atoms with E-state index in [0.717, 1.165) is 28.1 Å². The summed E-state index contributed by atoms with van der Waals surface area (Å²) in [5.74, 6) is 1.94. The van der Waals surface area contributed by atoms with Gasteiger partial charge in [0.25, 0.3) is 0 Å². The average molecular weight is 325 g/mol. The second-order valence-electron chi connectivity index (χ2n) is 6.39. The first kappa shape index (κ1) is 16.3. The molecule has 2 aromatic heterocycles. The van der Waals surface area contributed by atoms with Crippen LogP contribution in [-0.2, 0) is 11.3 Å². The van der Waals surface area contributed by atoms with Gasteiger partial charge in [-0.1, -0.05) is 32.0 Å². The molecule has 0 aliphatic rings. The number of carbonyl (C=O) groups is 1. The van der Waals surface area contributed by atoms with Crippen molar-refractivity contribution in [3.05, 3.63) is 53.8 Å². The topological polar surface area (TPSA) is 60.1 Å². The number of benzene rings is 1. The van der Waals surface area contributed by atoms with Crippen LogP contribution in [0.5, 0.6) is 0 Å². The Morgan fingerprint density at radius 2 is 2.04 bits per heavy atom. The van der Waals surface area contributed by atoms with Crippen LogP contribution in [0, 0.1) is 6.92 Å². The number of imidazole rings is 1. The SMILES string of the molecule is Cc1c(CNC(=O)[C@@H](C)n2ccnc2C(C)C)oc2ccccc12. The predicted octanol–water partition coefficient (Wildman–Crippen LogP) is 3.94. The zero-order valence-electron chi connectivity index (χ0n) is 14.5. The Hall–Kier alpha value is -2.56. The number of nitrogens with one attached hydrogen (secondary N) is 1. The lowest BCUT2D eigenvalue weighted by Crippen LogP contribution is -2.31. The first-order valence-corrected chi connectivity index (χ1v) is 8.26. The fraction of sp³-hybridized carbons (Fsp3) is 0.368. The summed E-state index contributed by atoms with van der Waals surface area (Å²) >= 11 is 0. The first-order valence-electron chi connectivity index (χ1n) is 8.26. The van der Waals surface area contributed by atoms with Crippen LogP contribution in [0.2, 0.25) is 0 Å². The van der Waals surface area contributed by atoms with Gasteiger partial charge in [-0.25, -0.2) is 4.98 Å². The fourth-order valence-corrected chi connectivity index (χ4v) is 2.93. The van der Waals surface area contributed by atoms with Gasteiger partial charge in [0, 0.05) is 29.3 Å². The normalized spacial score (nSPS) is 12.7. The maximum atomic E-state index is 12.5. The summed E-state index contributed by atoms with van der Waals surface area (Å²) in [7, 11) is 0. The minimum atomic E-state index is -0.311. The summed E-state index contributed by atoms with van der Waals surface area (Å²) in [5, 5.41) is 4.06. The van der Waals surface area contributed by atoms with Crippen LogP contribution in [0.1, 0.15) is 49.9 Å². The summed E-state index contributed by atoms with van der Waals surface area (Å²) in [6, 6.07) is 7.60. The molecular formula is C19H23N3O2. The van der Waals surface area contributed by atoms with E-state index in [9.17, 15) is 4.79 Å². The molecule has 0 radical (unpaired) electrons. The summed E-state index contributed by atoms with van der Waals surface area (Å²) in [4.78, 5) is 16.9. The van der Waals surface area contributed by atoms with Crippen LogP contribution < -0.4 is 5.32 Å². The van der Waals surface area contributed by atoms with Crippen molar-refractivity contribution in [2.24, 2.45) is 0 Å². The van der Waals surface area contributed by atoms with Gasteiger partial charge in [-0.2, -0.15) is 0 Å². The van der Waals surface area contributed by atoms with Crippen molar-refractivity contribution in [3.8, 4) is 0 Å². The number of amides is 1. The van der Waals surface area contributed by atoms with Gasteiger partial charge in [-0.3, -0.25) is 4.79 Å². The van der Waals surface area contributed by atoms with Crippen molar-refractivity contribution in [2.75, 3.05) is 0 Å². The molecule has 0 saturated heterocycles. The maximum Gasteiger partial charge on any atom is 0.243 e. The molecule has 0 aliphatic carbocycles. The van der Waals surface area contributed by atoms with Gasteiger partial charge in [-0.15, -0.1) is 0 Å². The molecular weight excluding hydrogens is 302 g/mol. The molecule has 24 heavy (non-hydrogen) atoms. The van der Waals surface area contributed by atoms with Crippen LogP contribution in [0.15, 0.2) is 41.1 Å². The zero-order chi connectivity index (χ0) is 17.3. The van der Waals surface area contributed by atoms with Gasteiger partial charge in [0.15, 0.2) is 0 Å². The van der Waals surface area contributed by atoms with E-state index in [4.69, 9.17) is 4.42 Å². The third-order valence-corrected chi connectivity index (χ3v) is 4.38. The number of para-hydroxylation sites is 1. The lowest BCUT2D eigenvalue weighted by molar-refractivity contribution is -0.124. The Morgan fingerprint density at radius 3 is 2.75 bits per heavy atom. The first-order chi connectivity index (χ1) is 11.5. The Kier molecular flexibility index (Phi) is 4.42. The second kappa shape index (κ2) is 6.51. The minimum absolute atomic E-state index is 0.0465. The number of nitrogens with zero attached hydrogens (tertiary/aromatic N) is 2. The number of hydrogen-bond donors (Lipinski definition) is 1. The largest absolute Gasteiger partial charge is 0.459 e. The number of fused-ring (bicyclic) bond motifs is 1. The second-order valence-corrected chi connectivity index (χ2v) is 6.39. The van der Waals surface area contributed by atoms with Gasteiger partial charge >= 0.3 is 0 Å². The Bertz CT molecular complexity index is 861. The molecule has 5 heteroatoms. The molecule has 1 atom stereocenters. The molecule has 5 nitrogen and oxygen atoms in total. The predicted molar refractivity (Wildman–Crippen MR) is 93.8 cm³/mol. The van der Waals surface area contributed by atoms with Crippen molar-refractivity contribution in [2.45, 2.75) is 46.2 Å². The summed E-state index contributed by atoms with van der Waals surface area (Å²) < 4.78 is 7.77. The molecule has 126 valence electrons. The number of rotatable bonds is 5. The lowest BCUT2D eigenvalue weighted by Gasteiger charge is -2.17. The van der Waals surface area contributed by atoms with E-state index < -0.39 is 0 Å². The molecule has 3 aromatic rings. The summed E-state index contributed by atoms with van der Waals surface area (Å²) in [6.45, 7) is 8.43. The van der Waals surface area contributed by atoms with Gasteiger partial charge in [0.2, 0.25) is 5.91 Å². The fourth-order valence-electron chi connectivity index (χ4n) is 2.93. The number of hydrogen-bond acceptors (Lipinski definition) is 3. The van der Waals surface area contributed by atoms with Crippen LogP contribution in [0.4, 0.5) is 0 Å². The molecule has 0 bridgehead atoms. The van der Waals surface area contributed by atoms with E-state index in [1.165, 1.54) is 0 Å². The van der Waals surface area contributed by atoms with E-state index in [-0.39, 0.29) is 17.9 Å².